The molecule has 0 atom stereocenters. The number of thiophene rings is 1. The predicted molar refractivity (Wildman–Crippen MR) is 94.1 cm³/mol. The van der Waals surface area contributed by atoms with Crippen molar-refractivity contribution in [3.05, 3.63) is 53.0 Å². The molecular weight excluding hydrogens is 359 g/mol. The van der Waals surface area contributed by atoms with Gasteiger partial charge in [-0.2, -0.15) is 4.98 Å². The van der Waals surface area contributed by atoms with E-state index in [0.29, 0.717) is 30.2 Å². The van der Waals surface area contributed by atoms with Gasteiger partial charge in [0, 0.05) is 18.5 Å². The highest BCUT2D eigenvalue weighted by atomic mass is 32.1. The molecule has 0 aliphatic rings. The van der Waals surface area contributed by atoms with E-state index in [4.69, 9.17) is 10.3 Å². The first-order chi connectivity index (χ1) is 12.5. The van der Waals surface area contributed by atoms with Crippen LogP contribution in [-0.4, -0.2) is 22.0 Å². The summed E-state index contributed by atoms with van der Waals surface area (Å²) >= 11 is 1.51. The summed E-state index contributed by atoms with van der Waals surface area (Å²) in [4.78, 5) is 28.3. The SMILES string of the molecule is NC(=O)c1cc(NC(=O)CCCc2nc(-c3cccs3)no2)ccc1F. The number of aryl methyl sites for hydroxylation is 1. The van der Waals surface area contributed by atoms with Crippen molar-refractivity contribution in [2.75, 3.05) is 5.32 Å². The number of carbonyl (C=O) groups excluding carboxylic acids is 2. The Labute approximate surface area is 152 Å². The first-order valence-corrected chi connectivity index (χ1v) is 8.66. The summed E-state index contributed by atoms with van der Waals surface area (Å²) in [6.45, 7) is 0. The molecule has 2 heterocycles. The summed E-state index contributed by atoms with van der Waals surface area (Å²) in [7, 11) is 0. The number of nitrogens with two attached hydrogens (primary N) is 1. The zero-order chi connectivity index (χ0) is 18.5. The van der Waals surface area contributed by atoms with Crippen LogP contribution in [0.1, 0.15) is 29.1 Å². The van der Waals surface area contributed by atoms with Crippen molar-refractivity contribution in [2.24, 2.45) is 5.73 Å². The quantitative estimate of drug-likeness (QED) is 0.660. The van der Waals surface area contributed by atoms with Gasteiger partial charge in [0.05, 0.1) is 10.4 Å². The average molecular weight is 374 g/mol. The van der Waals surface area contributed by atoms with E-state index >= 15 is 0 Å². The van der Waals surface area contributed by atoms with Gasteiger partial charge in [-0.25, -0.2) is 4.39 Å². The number of carbonyl (C=O) groups is 2. The Morgan fingerprint density at radius 2 is 2.15 bits per heavy atom. The lowest BCUT2D eigenvalue weighted by molar-refractivity contribution is -0.116. The van der Waals surface area contributed by atoms with Gasteiger partial charge in [-0.15, -0.1) is 11.3 Å². The molecule has 3 aromatic rings. The predicted octanol–water partition coefficient (Wildman–Crippen LogP) is 3.00. The molecule has 0 unspecified atom stereocenters. The van der Waals surface area contributed by atoms with E-state index in [2.05, 4.69) is 15.5 Å². The van der Waals surface area contributed by atoms with E-state index in [9.17, 15) is 14.0 Å². The third kappa shape index (κ3) is 4.31. The number of hydrogen-bond donors (Lipinski definition) is 2. The van der Waals surface area contributed by atoms with Gasteiger partial charge in [-0.3, -0.25) is 9.59 Å². The number of benzene rings is 1. The Hall–Kier alpha value is -3.07. The molecule has 0 radical (unpaired) electrons. The standard InChI is InChI=1S/C17H15FN4O3S/c18-12-7-6-10(9-11(12)16(19)24)20-14(23)4-1-5-15-21-17(22-25-15)13-3-2-8-26-13/h2-3,6-9H,1,4-5H2,(H2,19,24)(H,20,23). The fraction of sp³-hybridized carbons (Fsp3) is 0.176. The number of hydrogen-bond acceptors (Lipinski definition) is 6. The molecule has 7 nitrogen and oxygen atoms in total. The van der Waals surface area contributed by atoms with Crippen LogP contribution in [0.5, 0.6) is 0 Å². The van der Waals surface area contributed by atoms with Crippen LogP contribution in [0.4, 0.5) is 10.1 Å². The van der Waals surface area contributed by atoms with Crippen LogP contribution in [0.2, 0.25) is 0 Å². The molecule has 134 valence electrons. The van der Waals surface area contributed by atoms with Crippen molar-refractivity contribution in [1.29, 1.82) is 0 Å². The van der Waals surface area contributed by atoms with Crippen LogP contribution in [0, 0.1) is 5.82 Å². The third-order valence-corrected chi connectivity index (χ3v) is 4.39. The van der Waals surface area contributed by atoms with Gasteiger partial charge in [0.2, 0.25) is 17.6 Å². The summed E-state index contributed by atoms with van der Waals surface area (Å²) < 4.78 is 18.6. The van der Waals surface area contributed by atoms with Crippen LogP contribution in [0.25, 0.3) is 10.7 Å². The summed E-state index contributed by atoms with van der Waals surface area (Å²) in [5.41, 5.74) is 5.12. The molecule has 0 spiro atoms. The van der Waals surface area contributed by atoms with Crippen molar-refractivity contribution in [3.63, 3.8) is 0 Å². The van der Waals surface area contributed by atoms with Crippen LogP contribution in [-0.2, 0) is 11.2 Å². The van der Waals surface area contributed by atoms with Crippen LogP contribution in [0.3, 0.4) is 0 Å². The molecule has 2 amide bonds. The smallest absolute Gasteiger partial charge is 0.251 e. The maximum atomic E-state index is 13.4. The van der Waals surface area contributed by atoms with E-state index in [-0.39, 0.29) is 17.9 Å². The Morgan fingerprint density at radius 3 is 2.88 bits per heavy atom. The van der Waals surface area contributed by atoms with E-state index in [1.165, 1.54) is 23.5 Å². The molecule has 0 bridgehead atoms. The van der Waals surface area contributed by atoms with Crippen molar-refractivity contribution in [1.82, 2.24) is 10.1 Å². The van der Waals surface area contributed by atoms with Gasteiger partial charge in [0.1, 0.15) is 5.82 Å². The van der Waals surface area contributed by atoms with Gasteiger partial charge in [0.25, 0.3) is 5.91 Å². The molecular formula is C17H15FN4O3S. The highest BCUT2D eigenvalue weighted by Gasteiger charge is 2.12. The minimum absolute atomic E-state index is 0.208. The van der Waals surface area contributed by atoms with Gasteiger partial charge >= 0.3 is 0 Å². The third-order valence-electron chi connectivity index (χ3n) is 3.52. The number of halogens is 1. The number of nitrogens with one attached hydrogen (secondary N) is 1. The maximum Gasteiger partial charge on any atom is 0.251 e. The minimum atomic E-state index is -0.892. The molecule has 0 aliphatic heterocycles. The maximum absolute atomic E-state index is 13.4. The van der Waals surface area contributed by atoms with Gasteiger partial charge in [0.15, 0.2) is 0 Å². The highest BCUT2D eigenvalue weighted by Crippen LogP contribution is 2.21. The minimum Gasteiger partial charge on any atom is -0.366 e. The molecule has 0 saturated heterocycles. The summed E-state index contributed by atoms with van der Waals surface area (Å²) in [6.07, 6.45) is 1.17. The lowest BCUT2D eigenvalue weighted by Crippen LogP contribution is -2.15. The molecule has 2 aromatic heterocycles. The van der Waals surface area contributed by atoms with E-state index in [1.54, 1.807) is 0 Å². The molecule has 9 heteroatoms. The van der Waals surface area contributed by atoms with Gasteiger partial charge in [-0.05, 0) is 36.1 Å². The van der Waals surface area contributed by atoms with E-state index in [1.807, 2.05) is 17.5 Å². The second-order valence-corrected chi connectivity index (χ2v) is 6.40. The van der Waals surface area contributed by atoms with Crippen molar-refractivity contribution >= 4 is 28.8 Å². The number of nitrogens with zero attached hydrogens (tertiary/aromatic N) is 2. The molecule has 0 fully saturated rings. The summed E-state index contributed by atoms with van der Waals surface area (Å²) in [6, 6.07) is 7.46. The fourth-order valence-corrected chi connectivity index (χ4v) is 2.93. The average Bonchev–Trinajstić information content (AvgIpc) is 3.27. The molecule has 0 saturated carbocycles. The number of rotatable bonds is 7. The van der Waals surface area contributed by atoms with E-state index < -0.39 is 11.7 Å². The first kappa shape index (κ1) is 17.7. The zero-order valence-corrected chi connectivity index (χ0v) is 14.4. The molecule has 3 N–H and O–H groups in total. The Morgan fingerprint density at radius 1 is 1.31 bits per heavy atom. The fourth-order valence-electron chi connectivity index (χ4n) is 2.28. The number of primary amides is 1. The zero-order valence-electron chi connectivity index (χ0n) is 13.6. The van der Waals surface area contributed by atoms with Gasteiger partial charge < -0.3 is 15.6 Å². The number of anilines is 1. The molecule has 0 aliphatic carbocycles. The summed E-state index contributed by atoms with van der Waals surface area (Å²) in [5, 5.41) is 8.43. The Balaban J connectivity index is 1.50. The van der Waals surface area contributed by atoms with Crippen LogP contribution >= 0.6 is 11.3 Å². The molecule has 3 rings (SSSR count). The first-order valence-electron chi connectivity index (χ1n) is 7.78. The topological polar surface area (TPSA) is 111 Å². The Bertz CT molecular complexity index is 924. The lowest BCUT2D eigenvalue weighted by Gasteiger charge is -2.06. The van der Waals surface area contributed by atoms with E-state index in [0.717, 1.165) is 10.9 Å². The van der Waals surface area contributed by atoms with Crippen LogP contribution < -0.4 is 11.1 Å². The van der Waals surface area contributed by atoms with Crippen molar-refractivity contribution < 1.29 is 18.5 Å². The number of aromatic nitrogens is 2. The number of amides is 2. The molecule has 1 aromatic carbocycles. The van der Waals surface area contributed by atoms with Gasteiger partial charge in [-0.1, -0.05) is 11.2 Å². The lowest BCUT2D eigenvalue weighted by atomic mass is 10.1. The second kappa shape index (κ2) is 7.87. The highest BCUT2D eigenvalue weighted by molar-refractivity contribution is 7.13. The van der Waals surface area contributed by atoms with Crippen LogP contribution in [0.15, 0.2) is 40.2 Å². The largest absolute Gasteiger partial charge is 0.366 e. The van der Waals surface area contributed by atoms with Crippen molar-refractivity contribution in [2.45, 2.75) is 19.3 Å². The monoisotopic (exact) mass is 374 g/mol. The van der Waals surface area contributed by atoms with Crippen molar-refractivity contribution in [3.8, 4) is 10.7 Å². The normalized spacial score (nSPS) is 10.7. The summed E-state index contributed by atoms with van der Waals surface area (Å²) in [5.74, 6) is -0.904. The Kier molecular flexibility index (Phi) is 5.37. The second-order valence-electron chi connectivity index (χ2n) is 5.45. The molecule has 26 heavy (non-hydrogen) atoms.